The first kappa shape index (κ1) is 23.5. The Morgan fingerprint density at radius 1 is 0.784 bits per heavy atom. The topological polar surface area (TPSA) is 74.9 Å². The summed E-state index contributed by atoms with van der Waals surface area (Å²) in [6.45, 7) is 6.18. The summed E-state index contributed by atoms with van der Waals surface area (Å²) < 4.78 is 11.0. The van der Waals surface area contributed by atoms with Crippen molar-refractivity contribution in [2.45, 2.75) is 0 Å². The number of aldehydes is 1. The third kappa shape index (κ3) is 4.75. The first-order valence-electron chi connectivity index (χ1n) is 12.7. The molecule has 4 aromatic rings. The molecule has 1 aromatic heterocycles. The number of rotatable bonds is 6. The van der Waals surface area contributed by atoms with Gasteiger partial charge in [-0.2, -0.15) is 0 Å². The predicted octanol–water partition coefficient (Wildman–Crippen LogP) is 4.55. The molecule has 0 amide bonds. The lowest BCUT2D eigenvalue weighted by Crippen LogP contribution is -2.36. The van der Waals surface area contributed by atoms with Crippen LogP contribution in [0.25, 0.3) is 22.0 Å². The summed E-state index contributed by atoms with van der Waals surface area (Å²) in [6, 6.07) is 21.9. The molecule has 7 nitrogen and oxygen atoms in total. The van der Waals surface area contributed by atoms with Gasteiger partial charge in [-0.05, 0) is 53.6 Å². The lowest BCUT2D eigenvalue weighted by molar-refractivity contribution is 0.103. The van der Waals surface area contributed by atoms with Crippen molar-refractivity contribution in [2.24, 2.45) is 0 Å². The van der Waals surface area contributed by atoms with Crippen LogP contribution in [-0.2, 0) is 9.47 Å². The minimum absolute atomic E-state index is 0.0495. The van der Waals surface area contributed by atoms with E-state index in [1.54, 1.807) is 0 Å². The number of ketones is 1. The van der Waals surface area contributed by atoms with E-state index in [1.807, 2.05) is 42.5 Å². The summed E-state index contributed by atoms with van der Waals surface area (Å²) in [7, 11) is 0. The Labute approximate surface area is 215 Å². The first-order chi connectivity index (χ1) is 18.2. The average molecular weight is 496 g/mol. The number of benzene rings is 3. The lowest BCUT2D eigenvalue weighted by Gasteiger charge is -2.29. The molecular weight excluding hydrogens is 466 g/mol. The molecule has 188 valence electrons. The molecule has 0 unspecified atom stereocenters. The molecule has 0 atom stereocenters. The van der Waals surface area contributed by atoms with E-state index < -0.39 is 0 Å². The van der Waals surface area contributed by atoms with Crippen LogP contribution in [0.5, 0.6) is 0 Å². The van der Waals surface area contributed by atoms with Crippen molar-refractivity contribution < 1.29 is 19.1 Å². The van der Waals surface area contributed by atoms with Crippen LogP contribution in [0.4, 0.5) is 11.4 Å². The molecule has 2 aliphatic heterocycles. The minimum atomic E-state index is -0.0495. The van der Waals surface area contributed by atoms with E-state index in [2.05, 4.69) is 39.0 Å². The zero-order chi connectivity index (χ0) is 25.2. The van der Waals surface area contributed by atoms with E-state index in [1.165, 1.54) is 0 Å². The van der Waals surface area contributed by atoms with Gasteiger partial charge >= 0.3 is 0 Å². The Morgan fingerprint density at radius 2 is 1.46 bits per heavy atom. The molecule has 0 bridgehead atoms. The minimum Gasteiger partial charge on any atom is -0.378 e. The van der Waals surface area contributed by atoms with E-state index in [9.17, 15) is 9.59 Å². The zero-order valence-electron chi connectivity index (χ0n) is 20.6. The zero-order valence-corrected chi connectivity index (χ0v) is 20.6. The van der Waals surface area contributed by atoms with Crippen molar-refractivity contribution in [1.82, 2.24) is 4.98 Å². The molecule has 2 fully saturated rings. The largest absolute Gasteiger partial charge is 0.378 e. The fourth-order valence-electron chi connectivity index (χ4n) is 5.19. The maximum atomic E-state index is 14.0. The van der Waals surface area contributed by atoms with E-state index in [-0.39, 0.29) is 5.78 Å². The maximum absolute atomic E-state index is 14.0. The third-order valence-corrected chi connectivity index (χ3v) is 7.19. The number of carbonyl (C=O) groups is 2. The Morgan fingerprint density at radius 3 is 2.14 bits per heavy atom. The predicted molar refractivity (Wildman–Crippen MR) is 145 cm³/mol. The number of morpholine rings is 2. The van der Waals surface area contributed by atoms with Gasteiger partial charge in [-0.3, -0.25) is 9.59 Å². The van der Waals surface area contributed by atoms with Crippen molar-refractivity contribution in [3.63, 3.8) is 0 Å². The standard InChI is InChI=1S/C30H29N3O4/c34-20-24-16-23-18-27(21-4-6-25(7-5-21)32-8-12-36-13-9-32)28(19-29(23)31-24)30(35)22-2-1-3-26(17-22)33-10-14-37-15-11-33/h1-7,16-20,31H,8-15H2. The number of anilines is 2. The summed E-state index contributed by atoms with van der Waals surface area (Å²) in [4.78, 5) is 33.1. The molecule has 6 rings (SSSR count). The van der Waals surface area contributed by atoms with Crippen LogP contribution in [0.2, 0.25) is 0 Å². The molecule has 2 saturated heterocycles. The highest BCUT2D eigenvalue weighted by molar-refractivity contribution is 6.15. The van der Waals surface area contributed by atoms with Gasteiger partial charge in [-0.15, -0.1) is 0 Å². The number of fused-ring (bicyclic) bond motifs is 1. The first-order valence-corrected chi connectivity index (χ1v) is 12.7. The number of aromatic amines is 1. The van der Waals surface area contributed by atoms with Crippen LogP contribution < -0.4 is 9.80 Å². The number of nitrogens with one attached hydrogen (secondary N) is 1. The second-order valence-corrected chi connectivity index (χ2v) is 9.45. The van der Waals surface area contributed by atoms with E-state index in [0.29, 0.717) is 30.0 Å². The van der Waals surface area contributed by atoms with Crippen LogP contribution >= 0.6 is 0 Å². The molecule has 1 N–H and O–H groups in total. The molecule has 37 heavy (non-hydrogen) atoms. The van der Waals surface area contributed by atoms with Crippen LogP contribution in [0.3, 0.4) is 0 Å². The maximum Gasteiger partial charge on any atom is 0.193 e. The van der Waals surface area contributed by atoms with E-state index in [0.717, 1.165) is 79.1 Å². The fraction of sp³-hybridized carbons (Fsp3) is 0.267. The molecule has 2 aliphatic rings. The molecule has 0 spiro atoms. The molecule has 0 saturated carbocycles. The summed E-state index contributed by atoms with van der Waals surface area (Å²) in [5, 5.41) is 0.896. The SMILES string of the molecule is O=Cc1cc2cc(-c3ccc(N4CCOCC4)cc3)c(C(=O)c3cccc(N4CCOCC4)c3)cc2[nH]1. The molecule has 3 heterocycles. The van der Waals surface area contributed by atoms with Crippen molar-refractivity contribution in [3.8, 4) is 11.1 Å². The van der Waals surface area contributed by atoms with Gasteiger partial charge in [-0.25, -0.2) is 0 Å². The van der Waals surface area contributed by atoms with Crippen LogP contribution in [0.15, 0.2) is 66.7 Å². The van der Waals surface area contributed by atoms with Crippen molar-refractivity contribution >= 4 is 34.3 Å². The van der Waals surface area contributed by atoms with Gasteiger partial charge in [-0.1, -0.05) is 24.3 Å². The highest BCUT2D eigenvalue weighted by Crippen LogP contribution is 2.33. The quantitative estimate of drug-likeness (QED) is 0.313. The van der Waals surface area contributed by atoms with Crippen molar-refractivity contribution in [3.05, 3.63) is 83.6 Å². The molecular formula is C30H29N3O4. The normalized spacial score (nSPS) is 16.2. The van der Waals surface area contributed by atoms with Gasteiger partial charge in [0.1, 0.15) is 0 Å². The Kier molecular flexibility index (Phi) is 6.47. The summed E-state index contributed by atoms with van der Waals surface area (Å²) in [5.74, 6) is -0.0495. The Bertz CT molecular complexity index is 1430. The smallest absolute Gasteiger partial charge is 0.193 e. The second-order valence-electron chi connectivity index (χ2n) is 9.45. The van der Waals surface area contributed by atoms with Gasteiger partial charge in [0, 0.05) is 59.6 Å². The van der Waals surface area contributed by atoms with Crippen LogP contribution in [-0.4, -0.2) is 69.7 Å². The average Bonchev–Trinajstić information content (AvgIpc) is 3.39. The summed E-state index contributed by atoms with van der Waals surface area (Å²) >= 11 is 0. The number of hydrogen-bond donors (Lipinski definition) is 1. The summed E-state index contributed by atoms with van der Waals surface area (Å²) in [6.07, 6.45) is 0.796. The number of hydrogen-bond acceptors (Lipinski definition) is 6. The van der Waals surface area contributed by atoms with Crippen molar-refractivity contribution in [2.75, 3.05) is 62.4 Å². The molecule has 3 aromatic carbocycles. The van der Waals surface area contributed by atoms with Crippen LogP contribution in [0, 0.1) is 0 Å². The Hall–Kier alpha value is -3.94. The molecule has 0 aliphatic carbocycles. The number of carbonyl (C=O) groups excluding carboxylic acids is 2. The highest BCUT2D eigenvalue weighted by Gasteiger charge is 2.20. The third-order valence-electron chi connectivity index (χ3n) is 7.19. The lowest BCUT2D eigenvalue weighted by atomic mass is 9.92. The number of aromatic nitrogens is 1. The van der Waals surface area contributed by atoms with E-state index >= 15 is 0 Å². The van der Waals surface area contributed by atoms with Gasteiger partial charge in [0.25, 0.3) is 0 Å². The van der Waals surface area contributed by atoms with Gasteiger partial charge in [0.15, 0.2) is 12.1 Å². The van der Waals surface area contributed by atoms with Gasteiger partial charge in [0.2, 0.25) is 0 Å². The number of nitrogens with zero attached hydrogens (tertiary/aromatic N) is 2. The summed E-state index contributed by atoms with van der Waals surface area (Å²) in [5.41, 5.74) is 6.46. The van der Waals surface area contributed by atoms with Gasteiger partial charge < -0.3 is 24.3 Å². The van der Waals surface area contributed by atoms with Gasteiger partial charge in [0.05, 0.1) is 32.1 Å². The van der Waals surface area contributed by atoms with Crippen LogP contribution in [0.1, 0.15) is 26.4 Å². The van der Waals surface area contributed by atoms with E-state index in [4.69, 9.17) is 9.47 Å². The van der Waals surface area contributed by atoms with Crippen molar-refractivity contribution in [1.29, 1.82) is 0 Å². The molecule has 0 radical (unpaired) electrons. The second kappa shape index (κ2) is 10.2. The number of H-pyrrole nitrogens is 1. The Balaban J connectivity index is 1.40. The highest BCUT2D eigenvalue weighted by atomic mass is 16.5. The monoisotopic (exact) mass is 495 g/mol. The molecule has 7 heteroatoms. The fourth-order valence-corrected chi connectivity index (χ4v) is 5.19. The number of ether oxygens (including phenoxy) is 2.